The van der Waals surface area contributed by atoms with E-state index < -0.39 is 0 Å². The Hall–Kier alpha value is -2.51. The van der Waals surface area contributed by atoms with Gasteiger partial charge in [0.15, 0.2) is 0 Å². The number of hydrogen-bond acceptors (Lipinski definition) is 5. The normalized spacial score (nSPS) is 16.9. The Kier molecular flexibility index (Phi) is 4.58. The Labute approximate surface area is 149 Å². The molecule has 0 aliphatic carbocycles. The Morgan fingerprint density at radius 2 is 2.28 bits per heavy atom. The van der Waals surface area contributed by atoms with Crippen LogP contribution >= 0.6 is 11.3 Å². The van der Waals surface area contributed by atoms with Gasteiger partial charge in [-0.3, -0.25) is 9.78 Å². The molecular formula is C18H19N5OS. The zero-order chi connectivity index (χ0) is 17.1. The highest BCUT2D eigenvalue weighted by atomic mass is 32.1. The van der Waals surface area contributed by atoms with Crippen molar-refractivity contribution in [3.63, 3.8) is 0 Å². The van der Waals surface area contributed by atoms with Gasteiger partial charge in [0.1, 0.15) is 5.82 Å². The van der Waals surface area contributed by atoms with Gasteiger partial charge >= 0.3 is 0 Å². The van der Waals surface area contributed by atoms with Crippen molar-refractivity contribution in [2.24, 2.45) is 0 Å². The molecule has 1 fully saturated rings. The van der Waals surface area contributed by atoms with Gasteiger partial charge in [0.25, 0.3) is 5.91 Å². The van der Waals surface area contributed by atoms with Gasteiger partial charge in [0.05, 0.1) is 17.6 Å². The first kappa shape index (κ1) is 16.0. The summed E-state index contributed by atoms with van der Waals surface area (Å²) >= 11 is 1.56. The molecule has 1 unspecified atom stereocenters. The quantitative estimate of drug-likeness (QED) is 0.739. The van der Waals surface area contributed by atoms with Crippen LogP contribution in [-0.4, -0.2) is 27.2 Å². The summed E-state index contributed by atoms with van der Waals surface area (Å²) in [7, 11) is 0. The summed E-state index contributed by atoms with van der Waals surface area (Å²) in [4.78, 5) is 18.6. The van der Waals surface area contributed by atoms with Crippen LogP contribution in [0.1, 0.15) is 39.0 Å². The SMILES string of the molecule is O=C(Nc1ccnn1Cc1cccnc1)c1ccc(C2CCCN2)s1. The molecule has 7 heteroatoms. The lowest BCUT2D eigenvalue weighted by Gasteiger charge is -2.08. The van der Waals surface area contributed by atoms with Gasteiger partial charge in [-0.25, -0.2) is 4.68 Å². The smallest absolute Gasteiger partial charge is 0.266 e. The molecule has 2 N–H and O–H groups in total. The van der Waals surface area contributed by atoms with Crippen LogP contribution in [0.5, 0.6) is 0 Å². The molecule has 128 valence electrons. The van der Waals surface area contributed by atoms with Crippen LogP contribution in [0.15, 0.2) is 48.9 Å². The van der Waals surface area contributed by atoms with Gasteiger partial charge in [0.2, 0.25) is 0 Å². The van der Waals surface area contributed by atoms with Crippen LogP contribution in [0.3, 0.4) is 0 Å². The second kappa shape index (κ2) is 7.16. The first-order valence-corrected chi connectivity index (χ1v) is 9.16. The third kappa shape index (κ3) is 3.62. The lowest BCUT2D eigenvalue weighted by atomic mass is 10.2. The van der Waals surface area contributed by atoms with Gasteiger partial charge in [0, 0.05) is 29.4 Å². The number of amides is 1. The molecule has 1 atom stereocenters. The van der Waals surface area contributed by atoms with E-state index in [4.69, 9.17) is 0 Å². The summed E-state index contributed by atoms with van der Waals surface area (Å²) in [5, 5.41) is 10.7. The Morgan fingerprint density at radius 1 is 1.32 bits per heavy atom. The van der Waals surface area contributed by atoms with E-state index in [0.29, 0.717) is 18.4 Å². The van der Waals surface area contributed by atoms with Crippen molar-refractivity contribution in [3.05, 3.63) is 64.2 Å². The number of anilines is 1. The number of thiophene rings is 1. The van der Waals surface area contributed by atoms with Crippen molar-refractivity contribution in [2.75, 3.05) is 11.9 Å². The van der Waals surface area contributed by atoms with E-state index >= 15 is 0 Å². The lowest BCUT2D eigenvalue weighted by Crippen LogP contribution is -2.15. The highest BCUT2D eigenvalue weighted by Gasteiger charge is 2.20. The van der Waals surface area contributed by atoms with E-state index in [1.165, 1.54) is 11.3 Å². The van der Waals surface area contributed by atoms with Crippen molar-refractivity contribution in [3.8, 4) is 0 Å². The molecular weight excluding hydrogens is 334 g/mol. The molecule has 1 saturated heterocycles. The van der Waals surface area contributed by atoms with Crippen LogP contribution in [-0.2, 0) is 6.54 Å². The summed E-state index contributed by atoms with van der Waals surface area (Å²) in [5.41, 5.74) is 1.03. The third-order valence-electron chi connectivity index (χ3n) is 4.27. The van der Waals surface area contributed by atoms with Crippen molar-refractivity contribution in [1.82, 2.24) is 20.1 Å². The van der Waals surface area contributed by atoms with E-state index in [2.05, 4.69) is 26.8 Å². The lowest BCUT2D eigenvalue weighted by molar-refractivity contribution is 0.102. The first-order chi connectivity index (χ1) is 12.3. The predicted molar refractivity (Wildman–Crippen MR) is 97.8 cm³/mol. The van der Waals surface area contributed by atoms with E-state index in [0.717, 1.165) is 23.4 Å². The minimum Gasteiger partial charge on any atom is -0.309 e. The second-order valence-electron chi connectivity index (χ2n) is 6.04. The number of nitrogens with zero attached hydrogens (tertiary/aromatic N) is 3. The van der Waals surface area contributed by atoms with Gasteiger partial charge in [-0.2, -0.15) is 5.10 Å². The molecule has 1 aliphatic rings. The van der Waals surface area contributed by atoms with Gasteiger partial charge in [-0.05, 0) is 43.1 Å². The molecule has 1 amide bonds. The largest absolute Gasteiger partial charge is 0.309 e. The van der Waals surface area contributed by atoms with E-state index in [1.807, 2.05) is 18.2 Å². The monoisotopic (exact) mass is 353 g/mol. The minimum atomic E-state index is -0.0952. The molecule has 4 rings (SSSR count). The molecule has 0 saturated carbocycles. The van der Waals surface area contributed by atoms with Gasteiger partial charge in [-0.15, -0.1) is 11.3 Å². The van der Waals surface area contributed by atoms with Gasteiger partial charge in [-0.1, -0.05) is 6.07 Å². The highest BCUT2D eigenvalue weighted by molar-refractivity contribution is 7.14. The number of carbonyl (C=O) groups is 1. The Morgan fingerprint density at radius 3 is 3.08 bits per heavy atom. The number of rotatable bonds is 5. The highest BCUT2D eigenvalue weighted by Crippen LogP contribution is 2.29. The predicted octanol–water partition coefficient (Wildman–Crippen LogP) is 3.06. The average Bonchev–Trinajstić information content (AvgIpc) is 3.38. The summed E-state index contributed by atoms with van der Waals surface area (Å²) in [6, 6.07) is 10.0. The van der Waals surface area contributed by atoms with Crippen molar-refractivity contribution in [1.29, 1.82) is 0 Å². The van der Waals surface area contributed by atoms with Crippen LogP contribution in [0.25, 0.3) is 0 Å². The maximum atomic E-state index is 12.6. The fourth-order valence-electron chi connectivity index (χ4n) is 3.00. The second-order valence-corrected chi connectivity index (χ2v) is 7.16. The summed E-state index contributed by atoms with van der Waals surface area (Å²) in [5.74, 6) is 0.588. The molecule has 0 radical (unpaired) electrons. The zero-order valence-corrected chi connectivity index (χ0v) is 14.5. The average molecular weight is 353 g/mol. The summed E-state index contributed by atoms with van der Waals surface area (Å²) in [6.07, 6.45) is 7.56. The van der Waals surface area contributed by atoms with E-state index in [9.17, 15) is 4.79 Å². The molecule has 0 spiro atoms. The Balaban J connectivity index is 1.45. The van der Waals surface area contributed by atoms with Crippen LogP contribution in [0.2, 0.25) is 0 Å². The summed E-state index contributed by atoms with van der Waals surface area (Å²) in [6.45, 7) is 1.62. The number of nitrogens with one attached hydrogen (secondary N) is 2. The topological polar surface area (TPSA) is 71.8 Å². The molecule has 3 aromatic heterocycles. The fourth-order valence-corrected chi connectivity index (χ4v) is 4.01. The van der Waals surface area contributed by atoms with Crippen LogP contribution in [0.4, 0.5) is 5.82 Å². The number of aromatic nitrogens is 3. The van der Waals surface area contributed by atoms with Crippen molar-refractivity contribution < 1.29 is 4.79 Å². The van der Waals surface area contributed by atoms with E-state index in [-0.39, 0.29) is 5.91 Å². The third-order valence-corrected chi connectivity index (χ3v) is 5.47. The number of carbonyl (C=O) groups excluding carboxylic acids is 1. The maximum Gasteiger partial charge on any atom is 0.266 e. The molecule has 1 aliphatic heterocycles. The van der Waals surface area contributed by atoms with Crippen molar-refractivity contribution >= 4 is 23.1 Å². The van der Waals surface area contributed by atoms with Gasteiger partial charge < -0.3 is 10.6 Å². The fraction of sp³-hybridized carbons (Fsp3) is 0.278. The molecule has 3 aromatic rings. The molecule has 25 heavy (non-hydrogen) atoms. The molecule has 0 aromatic carbocycles. The summed E-state index contributed by atoms with van der Waals surface area (Å²) < 4.78 is 1.77. The zero-order valence-electron chi connectivity index (χ0n) is 13.7. The van der Waals surface area contributed by atoms with E-state index in [1.54, 1.807) is 40.7 Å². The van der Waals surface area contributed by atoms with Crippen molar-refractivity contribution in [2.45, 2.75) is 25.4 Å². The molecule has 0 bridgehead atoms. The van der Waals surface area contributed by atoms with Crippen LogP contribution < -0.4 is 10.6 Å². The first-order valence-electron chi connectivity index (χ1n) is 8.35. The number of pyridine rings is 1. The number of hydrogen-bond donors (Lipinski definition) is 2. The standard InChI is InChI=1S/C18H19N5OS/c24-18(16-6-5-15(25-16)14-4-2-9-20-14)22-17-7-10-21-23(17)12-13-3-1-8-19-11-13/h1,3,5-8,10-11,14,20H,2,4,9,12H2,(H,22,24). The van der Waals surface area contributed by atoms with Crippen LogP contribution in [0, 0.1) is 0 Å². The minimum absolute atomic E-state index is 0.0952. The Bertz CT molecular complexity index is 851. The maximum absolute atomic E-state index is 12.6. The molecule has 6 nitrogen and oxygen atoms in total. The molecule has 4 heterocycles.